The van der Waals surface area contributed by atoms with Gasteiger partial charge in [-0.3, -0.25) is 8.98 Å². The Kier molecular flexibility index (Phi) is 33.4. The third-order valence-electron chi connectivity index (χ3n) is 7.89. The Morgan fingerprint density at radius 2 is 1.15 bits per heavy atom. The Morgan fingerprint density at radius 1 is 0.766 bits per heavy atom. The first-order valence-corrected chi connectivity index (χ1v) is 19.1. The van der Waals surface area contributed by atoms with E-state index < -0.39 is 52.7 Å². The number of rotatable bonds is 29. The van der Waals surface area contributed by atoms with E-state index in [2.05, 4.69) is 18.0 Å². The molecule has 3 N–H and O–H groups in total. The molecule has 47 heavy (non-hydrogen) atoms. The maximum atomic E-state index is 11.9. The first-order chi connectivity index (χ1) is 22.1. The minimum atomic E-state index is -4.48. The Labute approximate surface area is 306 Å². The molecule has 11 nitrogen and oxygen atoms in total. The predicted molar refractivity (Wildman–Crippen MR) is 177 cm³/mol. The number of hydrogen-bond acceptors (Lipinski definition) is 11. The summed E-state index contributed by atoms with van der Waals surface area (Å²) in [6.45, 7) is 3.79. The van der Waals surface area contributed by atoms with Crippen LogP contribution in [0.1, 0.15) is 168 Å². The van der Waals surface area contributed by atoms with Gasteiger partial charge in [0.25, 0.3) is 0 Å². The summed E-state index contributed by atoms with van der Waals surface area (Å²) in [6.07, 6.45) is 24.7. The second kappa shape index (κ2) is 32.5. The molecular formula is C34H63NaO11S. The maximum absolute atomic E-state index is 11.9. The van der Waals surface area contributed by atoms with E-state index in [1.807, 2.05) is 0 Å². The van der Waals surface area contributed by atoms with E-state index >= 15 is 0 Å². The van der Waals surface area contributed by atoms with Crippen molar-refractivity contribution < 1.29 is 81.1 Å². The van der Waals surface area contributed by atoms with Gasteiger partial charge in [0, 0.05) is 6.42 Å². The summed E-state index contributed by atoms with van der Waals surface area (Å²) >= 11 is 0. The molecule has 2 atom stereocenters. The fraction of sp³-hybridized carbons (Fsp3) is 0.882. The van der Waals surface area contributed by atoms with E-state index in [1.54, 1.807) is 0 Å². The van der Waals surface area contributed by atoms with Crippen LogP contribution in [0.2, 0.25) is 0 Å². The molecule has 0 amide bonds. The largest absolute Gasteiger partial charge is 1.00 e. The standard InChI is InChI=1S/C22H38O7.C12H26O4S.Na/c1-2-3-4-5-6-7-8-9-10-11-12-13-14-15-18(25)28-21-19(26)22(27)29-20(21)17(24)16-23;1-2-3-4-5-6-7-8-9-10-11-12-16-17(13,14)15;/h17,20,23-24,26H,2-16H2,1H3;2-12H2,1H3,(H,13,14,15);/q;;+1/p-1/t17-,20+;;/m0../s1. The van der Waals surface area contributed by atoms with E-state index in [-0.39, 0.29) is 42.6 Å². The van der Waals surface area contributed by atoms with Gasteiger partial charge in [0.1, 0.15) is 6.10 Å². The number of cyclic esters (lactones) is 1. The average molecular weight is 703 g/mol. The zero-order chi connectivity index (χ0) is 34.5. The number of unbranched alkanes of at least 4 members (excludes halogenated alkanes) is 21. The summed E-state index contributed by atoms with van der Waals surface area (Å²) in [4.78, 5) is 23.3. The second-order valence-electron chi connectivity index (χ2n) is 12.2. The van der Waals surface area contributed by atoms with Gasteiger partial charge in [0.15, 0.2) is 6.10 Å². The topological polar surface area (TPSA) is 180 Å². The van der Waals surface area contributed by atoms with E-state index in [0.717, 1.165) is 32.1 Å². The summed E-state index contributed by atoms with van der Waals surface area (Å²) in [7, 11) is -4.48. The molecule has 0 aromatic rings. The van der Waals surface area contributed by atoms with Gasteiger partial charge in [-0.05, 0) is 12.8 Å². The zero-order valence-electron chi connectivity index (χ0n) is 29.6. The number of ether oxygens (including phenoxy) is 2. The fourth-order valence-corrected chi connectivity index (χ4v) is 5.45. The molecule has 1 aliphatic heterocycles. The van der Waals surface area contributed by atoms with Crippen LogP contribution in [0.4, 0.5) is 0 Å². The van der Waals surface area contributed by atoms with Gasteiger partial charge in [-0.2, -0.15) is 0 Å². The number of hydrogen-bond donors (Lipinski definition) is 3. The predicted octanol–water partition coefficient (Wildman–Crippen LogP) is 4.45. The number of carbonyl (C=O) groups excluding carboxylic acids is 2. The molecule has 0 fully saturated rings. The Bertz CT molecular complexity index is 912. The van der Waals surface area contributed by atoms with Crippen molar-refractivity contribution in [3.05, 3.63) is 11.5 Å². The molecule has 13 heteroatoms. The van der Waals surface area contributed by atoms with Gasteiger partial charge in [-0.1, -0.05) is 149 Å². The molecular weight excluding hydrogens is 639 g/mol. The minimum absolute atomic E-state index is 0. The van der Waals surface area contributed by atoms with Crippen LogP contribution < -0.4 is 29.6 Å². The summed E-state index contributed by atoms with van der Waals surface area (Å²) in [5, 5.41) is 28.2. The third-order valence-corrected chi connectivity index (χ3v) is 8.34. The SMILES string of the molecule is CCCCCCCCCCCCCCCC(=O)OC1=C(O)C(=O)O[C@@H]1[C@@H](O)CO.CCCCCCCCCCCCOS(=O)(=O)[O-].[Na+]. The van der Waals surface area contributed by atoms with Gasteiger partial charge in [-0.25, -0.2) is 13.2 Å². The van der Waals surface area contributed by atoms with Crippen LogP contribution in [-0.4, -0.2) is 65.7 Å². The van der Waals surface area contributed by atoms with E-state index in [9.17, 15) is 32.8 Å². The summed E-state index contributed by atoms with van der Waals surface area (Å²) in [5.74, 6) is -2.92. The zero-order valence-corrected chi connectivity index (χ0v) is 32.4. The van der Waals surface area contributed by atoms with Crippen molar-refractivity contribution in [3.8, 4) is 0 Å². The van der Waals surface area contributed by atoms with Crippen molar-refractivity contribution in [1.82, 2.24) is 0 Å². The maximum Gasteiger partial charge on any atom is 1.00 e. The number of aliphatic hydroxyl groups is 3. The molecule has 0 radical (unpaired) electrons. The summed E-state index contributed by atoms with van der Waals surface area (Å²) < 4.78 is 44.2. The molecule has 0 aromatic carbocycles. The van der Waals surface area contributed by atoms with Crippen LogP contribution in [0.25, 0.3) is 0 Å². The molecule has 0 saturated heterocycles. The molecule has 0 unspecified atom stereocenters. The quantitative estimate of drug-likeness (QED) is 0.0330. The fourth-order valence-electron chi connectivity index (χ4n) is 5.13. The van der Waals surface area contributed by atoms with Crippen LogP contribution in [0, 0.1) is 0 Å². The summed E-state index contributed by atoms with van der Waals surface area (Å²) in [5.41, 5.74) is 0. The second-order valence-corrected chi connectivity index (χ2v) is 13.2. The number of aliphatic hydroxyl groups excluding tert-OH is 3. The van der Waals surface area contributed by atoms with Crippen molar-refractivity contribution in [2.45, 2.75) is 180 Å². The van der Waals surface area contributed by atoms with Crippen LogP contribution in [-0.2, 0) is 33.6 Å². The molecule has 272 valence electrons. The first kappa shape index (κ1) is 48.4. The Balaban J connectivity index is 0. The molecule has 1 rings (SSSR count). The smallest absolute Gasteiger partial charge is 0.726 e. The van der Waals surface area contributed by atoms with E-state index in [4.69, 9.17) is 14.6 Å². The van der Waals surface area contributed by atoms with Crippen molar-refractivity contribution in [2.24, 2.45) is 0 Å². The van der Waals surface area contributed by atoms with Gasteiger partial charge in [0.05, 0.1) is 13.2 Å². The molecule has 0 spiro atoms. The van der Waals surface area contributed by atoms with Gasteiger partial charge >= 0.3 is 41.5 Å². The van der Waals surface area contributed by atoms with Crippen LogP contribution >= 0.6 is 0 Å². The Hall–Kier alpha value is -0.730. The van der Waals surface area contributed by atoms with Crippen LogP contribution in [0.5, 0.6) is 0 Å². The molecule has 1 aliphatic rings. The molecule has 0 aromatic heterocycles. The molecule has 1 heterocycles. The molecule has 0 saturated carbocycles. The third kappa shape index (κ3) is 28.8. The monoisotopic (exact) mass is 702 g/mol. The van der Waals surface area contributed by atoms with Crippen LogP contribution in [0.15, 0.2) is 11.5 Å². The van der Waals surface area contributed by atoms with Crippen LogP contribution in [0.3, 0.4) is 0 Å². The van der Waals surface area contributed by atoms with E-state index in [0.29, 0.717) is 12.8 Å². The van der Waals surface area contributed by atoms with Crippen molar-refractivity contribution in [3.63, 3.8) is 0 Å². The first-order valence-electron chi connectivity index (χ1n) is 17.8. The normalized spacial score (nSPS) is 15.1. The number of carbonyl (C=O) groups is 2. The van der Waals surface area contributed by atoms with Gasteiger partial charge < -0.3 is 29.3 Å². The van der Waals surface area contributed by atoms with E-state index in [1.165, 1.54) is 103 Å². The average Bonchev–Trinajstić information content (AvgIpc) is 3.30. The molecule has 0 bridgehead atoms. The van der Waals surface area contributed by atoms with Gasteiger partial charge in [-0.15, -0.1) is 0 Å². The minimum Gasteiger partial charge on any atom is -0.726 e. The number of esters is 2. The van der Waals surface area contributed by atoms with Crippen molar-refractivity contribution in [1.29, 1.82) is 0 Å². The molecule has 0 aliphatic carbocycles. The Morgan fingerprint density at radius 3 is 1.53 bits per heavy atom. The van der Waals surface area contributed by atoms with Crippen molar-refractivity contribution in [2.75, 3.05) is 13.2 Å². The summed E-state index contributed by atoms with van der Waals surface area (Å²) in [6, 6.07) is 0. The van der Waals surface area contributed by atoms with Crippen molar-refractivity contribution >= 4 is 22.3 Å². The van der Waals surface area contributed by atoms with Gasteiger partial charge in [0.2, 0.25) is 21.9 Å².